The van der Waals surface area contributed by atoms with E-state index in [4.69, 9.17) is 5.73 Å². The zero-order chi connectivity index (χ0) is 12.4. The minimum absolute atomic E-state index is 0.0511. The summed E-state index contributed by atoms with van der Waals surface area (Å²) in [5.41, 5.74) is 8.39. The topological polar surface area (TPSA) is 51.8 Å². The summed E-state index contributed by atoms with van der Waals surface area (Å²) in [5.74, 6) is 0. The van der Waals surface area contributed by atoms with E-state index >= 15 is 0 Å². The molecule has 1 aromatic carbocycles. The molecule has 1 atom stereocenters. The number of hydrogen-bond donors (Lipinski definition) is 1. The molecule has 0 bridgehead atoms. The molecule has 0 aliphatic carbocycles. The van der Waals surface area contributed by atoms with Crippen LogP contribution in [0.1, 0.15) is 16.6 Å². The van der Waals surface area contributed by atoms with E-state index in [1.54, 1.807) is 23.7 Å². The van der Waals surface area contributed by atoms with E-state index < -0.39 is 0 Å². The molecular weight excluding hydrogens is 242 g/mol. The van der Waals surface area contributed by atoms with E-state index in [0.29, 0.717) is 0 Å². The predicted molar refractivity (Wildman–Crippen MR) is 74.5 cm³/mol. The highest BCUT2D eigenvalue weighted by Crippen LogP contribution is 2.26. The fourth-order valence-corrected chi connectivity index (χ4v) is 2.85. The maximum atomic E-state index is 6.22. The molecular formula is C14H13N3S. The maximum absolute atomic E-state index is 6.22. The summed E-state index contributed by atoms with van der Waals surface area (Å²) < 4.78 is 1.14. The molecule has 2 N–H and O–H groups in total. The van der Waals surface area contributed by atoms with Gasteiger partial charge in [-0.15, -0.1) is 11.3 Å². The number of fused-ring (bicyclic) bond motifs is 1. The van der Waals surface area contributed by atoms with E-state index in [1.807, 2.05) is 24.3 Å². The van der Waals surface area contributed by atoms with Gasteiger partial charge in [-0.2, -0.15) is 0 Å². The lowest BCUT2D eigenvalue weighted by Gasteiger charge is -2.07. The van der Waals surface area contributed by atoms with Crippen LogP contribution >= 0.6 is 11.3 Å². The Morgan fingerprint density at radius 2 is 2.00 bits per heavy atom. The third kappa shape index (κ3) is 2.25. The minimum atomic E-state index is -0.0511. The van der Waals surface area contributed by atoms with Crippen LogP contribution in [0.3, 0.4) is 0 Å². The van der Waals surface area contributed by atoms with Crippen molar-refractivity contribution in [2.75, 3.05) is 0 Å². The number of aromatic nitrogens is 2. The monoisotopic (exact) mass is 255 g/mol. The predicted octanol–water partition coefficient (Wildman–Crippen LogP) is 2.93. The molecule has 3 rings (SSSR count). The van der Waals surface area contributed by atoms with Crippen molar-refractivity contribution in [1.82, 2.24) is 9.97 Å². The van der Waals surface area contributed by atoms with Crippen molar-refractivity contribution in [2.45, 2.75) is 12.5 Å². The molecule has 0 amide bonds. The highest BCUT2D eigenvalue weighted by atomic mass is 32.1. The van der Waals surface area contributed by atoms with Gasteiger partial charge < -0.3 is 5.73 Å². The van der Waals surface area contributed by atoms with E-state index in [9.17, 15) is 0 Å². The molecule has 4 heteroatoms. The number of thiazole rings is 1. The molecule has 2 heterocycles. The van der Waals surface area contributed by atoms with Crippen LogP contribution in [-0.2, 0) is 6.42 Å². The van der Waals surface area contributed by atoms with Gasteiger partial charge in [-0.1, -0.05) is 30.3 Å². The van der Waals surface area contributed by atoms with Gasteiger partial charge in [-0.3, -0.25) is 4.98 Å². The van der Waals surface area contributed by atoms with Crippen molar-refractivity contribution in [3.63, 3.8) is 0 Å². The molecule has 0 spiro atoms. The van der Waals surface area contributed by atoms with Crippen molar-refractivity contribution in [3.05, 3.63) is 59.4 Å². The Morgan fingerprint density at radius 1 is 1.17 bits per heavy atom. The van der Waals surface area contributed by atoms with Crippen molar-refractivity contribution in [2.24, 2.45) is 5.73 Å². The Kier molecular flexibility index (Phi) is 3.04. The first-order valence-corrected chi connectivity index (χ1v) is 6.64. The van der Waals surface area contributed by atoms with Gasteiger partial charge in [-0.25, -0.2) is 4.98 Å². The molecule has 0 fully saturated rings. The molecule has 0 aliphatic heterocycles. The number of benzene rings is 1. The summed E-state index contributed by atoms with van der Waals surface area (Å²) in [7, 11) is 0. The van der Waals surface area contributed by atoms with Gasteiger partial charge in [-0.05, 0) is 18.1 Å². The molecule has 0 saturated carbocycles. The normalized spacial score (nSPS) is 12.7. The molecule has 1 unspecified atom stereocenters. The zero-order valence-corrected chi connectivity index (χ0v) is 10.6. The van der Waals surface area contributed by atoms with Crippen molar-refractivity contribution < 1.29 is 0 Å². The molecule has 18 heavy (non-hydrogen) atoms. The third-order valence-corrected chi connectivity index (χ3v) is 3.99. The van der Waals surface area contributed by atoms with Crippen LogP contribution in [0.25, 0.3) is 10.2 Å². The molecule has 3 aromatic rings. The van der Waals surface area contributed by atoms with Crippen molar-refractivity contribution >= 4 is 21.6 Å². The zero-order valence-electron chi connectivity index (χ0n) is 9.78. The summed E-state index contributed by atoms with van der Waals surface area (Å²) in [6.45, 7) is 0. The van der Waals surface area contributed by atoms with Crippen LogP contribution in [0.2, 0.25) is 0 Å². The highest BCUT2D eigenvalue weighted by Gasteiger charge is 2.12. The summed E-state index contributed by atoms with van der Waals surface area (Å²) >= 11 is 1.65. The van der Waals surface area contributed by atoms with Crippen LogP contribution in [-0.4, -0.2) is 9.97 Å². The number of rotatable bonds is 3. The number of hydrogen-bond acceptors (Lipinski definition) is 4. The lowest BCUT2D eigenvalue weighted by atomic mass is 10.1. The summed E-state index contributed by atoms with van der Waals surface area (Å²) in [6, 6.07) is 12.2. The van der Waals surface area contributed by atoms with Gasteiger partial charge in [0.15, 0.2) is 0 Å². The summed E-state index contributed by atoms with van der Waals surface area (Å²) in [4.78, 5) is 8.61. The first-order valence-electron chi connectivity index (χ1n) is 5.83. The smallest absolute Gasteiger partial charge is 0.111 e. The van der Waals surface area contributed by atoms with E-state index in [2.05, 4.69) is 22.1 Å². The second-order valence-electron chi connectivity index (χ2n) is 4.19. The number of nitrogens with zero attached hydrogens (tertiary/aromatic N) is 2. The molecule has 0 saturated heterocycles. The van der Waals surface area contributed by atoms with Gasteiger partial charge in [0.05, 0.1) is 22.5 Å². The fraction of sp³-hybridized carbons (Fsp3) is 0.143. The minimum Gasteiger partial charge on any atom is -0.322 e. The van der Waals surface area contributed by atoms with E-state index in [-0.39, 0.29) is 6.04 Å². The van der Waals surface area contributed by atoms with Crippen LogP contribution in [0.4, 0.5) is 0 Å². The van der Waals surface area contributed by atoms with Gasteiger partial charge in [0.1, 0.15) is 5.01 Å². The molecule has 2 aromatic heterocycles. The SMILES string of the molecule is NC(Cc1ccccc1)c1nc2cnccc2s1. The fourth-order valence-electron chi connectivity index (χ4n) is 1.91. The summed E-state index contributed by atoms with van der Waals surface area (Å²) in [5, 5.41) is 0.974. The standard InChI is InChI=1S/C14H13N3S/c15-11(8-10-4-2-1-3-5-10)14-17-12-9-16-7-6-13(12)18-14/h1-7,9,11H,8,15H2. The highest BCUT2D eigenvalue weighted by molar-refractivity contribution is 7.18. The molecule has 3 nitrogen and oxygen atoms in total. The lowest BCUT2D eigenvalue weighted by Crippen LogP contribution is -2.12. The Hall–Kier alpha value is -1.78. The third-order valence-electron chi connectivity index (χ3n) is 2.82. The van der Waals surface area contributed by atoms with Gasteiger partial charge in [0, 0.05) is 6.20 Å². The quantitative estimate of drug-likeness (QED) is 0.783. The Morgan fingerprint density at radius 3 is 2.78 bits per heavy atom. The van der Waals surface area contributed by atoms with Crippen LogP contribution in [0, 0.1) is 0 Å². The number of nitrogens with two attached hydrogens (primary N) is 1. The van der Waals surface area contributed by atoms with Gasteiger partial charge in [0.2, 0.25) is 0 Å². The van der Waals surface area contributed by atoms with Gasteiger partial charge in [0.25, 0.3) is 0 Å². The summed E-state index contributed by atoms with van der Waals surface area (Å²) in [6.07, 6.45) is 4.38. The van der Waals surface area contributed by atoms with E-state index in [0.717, 1.165) is 21.6 Å². The second-order valence-corrected chi connectivity index (χ2v) is 5.25. The number of pyridine rings is 1. The Balaban J connectivity index is 1.86. The molecule has 90 valence electrons. The Bertz CT molecular complexity index is 615. The Labute approximate surface area is 109 Å². The maximum Gasteiger partial charge on any atom is 0.111 e. The first-order chi connectivity index (χ1) is 8.83. The molecule has 0 aliphatic rings. The van der Waals surface area contributed by atoms with Crippen LogP contribution in [0.15, 0.2) is 48.8 Å². The first kappa shape index (κ1) is 11.3. The lowest BCUT2D eigenvalue weighted by molar-refractivity contribution is 0.717. The van der Waals surface area contributed by atoms with E-state index in [1.165, 1.54) is 5.56 Å². The largest absolute Gasteiger partial charge is 0.322 e. The van der Waals surface area contributed by atoms with Gasteiger partial charge >= 0.3 is 0 Å². The van der Waals surface area contributed by atoms with Crippen LogP contribution < -0.4 is 5.73 Å². The average Bonchev–Trinajstić information content (AvgIpc) is 2.84. The van der Waals surface area contributed by atoms with Crippen LogP contribution in [0.5, 0.6) is 0 Å². The van der Waals surface area contributed by atoms with Crippen molar-refractivity contribution in [1.29, 1.82) is 0 Å². The second kappa shape index (κ2) is 4.84. The van der Waals surface area contributed by atoms with Crippen molar-refractivity contribution in [3.8, 4) is 0 Å². The average molecular weight is 255 g/mol. The molecule has 0 radical (unpaired) electrons.